The Bertz CT molecular complexity index is 606. The van der Waals surface area contributed by atoms with E-state index < -0.39 is 0 Å². The van der Waals surface area contributed by atoms with Gasteiger partial charge in [-0.1, -0.05) is 18.2 Å². The van der Waals surface area contributed by atoms with Crippen LogP contribution < -0.4 is 5.32 Å². The van der Waals surface area contributed by atoms with Crippen LogP contribution in [0.25, 0.3) is 6.08 Å². The highest BCUT2D eigenvalue weighted by molar-refractivity contribution is 6.01. The second kappa shape index (κ2) is 5.82. The van der Waals surface area contributed by atoms with Gasteiger partial charge < -0.3 is 10.4 Å². The molecule has 2 rings (SSSR count). The van der Waals surface area contributed by atoms with Gasteiger partial charge in [0.1, 0.15) is 11.6 Å². The van der Waals surface area contributed by atoms with E-state index in [0.29, 0.717) is 5.69 Å². The molecule has 96 valence electrons. The van der Waals surface area contributed by atoms with E-state index >= 15 is 0 Å². The zero-order valence-electron chi connectivity index (χ0n) is 10.0. The van der Waals surface area contributed by atoms with Gasteiger partial charge in [-0.25, -0.2) is 4.39 Å². The third-order valence-corrected chi connectivity index (χ3v) is 2.41. The van der Waals surface area contributed by atoms with Crippen molar-refractivity contribution in [3.8, 4) is 5.75 Å². The minimum atomic E-state index is -0.324. The fourth-order valence-electron chi connectivity index (χ4n) is 1.51. The van der Waals surface area contributed by atoms with Gasteiger partial charge in [0.15, 0.2) is 0 Å². The van der Waals surface area contributed by atoms with Gasteiger partial charge in [0.25, 0.3) is 0 Å². The molecule has 3 nitrogen and oxygen atoms in total. The van der Waals surface area contributed by atoms with Crippen molar-refractivity contribution in [3.63, 3.8) is 0 Å². The summed E-state index contributed by atoms with van der Waals surface area (Å²) in [5.41, 5.74) is 1.24. The summed E-state index contributed by atoms with van der Waals surface area (Å²) in [6.07, 6.45) is 2.93. The summed E-state index contributed by atoms with van der Waals surface area (Å²) < 4.78 is 12.7. The van der Waals surface area contributed by atoms with Gasteiger partial charge in [0, 0.05) is 17.8 Å². The first kappa shape index (κ1) is 12.8. The number of halogens is 1. The number of benzene rings is 2. The number of anilines is 1. The molecular weight excluding hydrogens is 245 g/mol. The Morgan fingerprint density at radius 1 is 1.16 bits per heavy atom. The van der Waals surface area contributed by atoms with Crippen LogP contribution in [0.5, 0.6) is 5.75 Å². The van der Waals surface area contributed by atoms with Gasteiger partial charge in [-0.05, 0) is 35.9 Å². The largest absolute Gasteiger partial charge is 0.508 e. The molecule has 0 atom stereocenters. The van der Waals surface area contributed by atoms with E-state index in [2.05, 4.69) is 5.32 Å². The predicted molar refractivity (Wildman–Crippen MR) is 72.2 cm³/mol. The number of nitrogens with one attached hydrogen (secondary N) is 1. The van der Waals surface area contributed by atoms with Crippen LogP contribution in [0.4, 0.5) is 10.1 Å². The summed E-state index contributed by atoms with van der Waals surface area (Å²) in [6.45, 7) is 0. The highest BCUT2D eigenvalue weighted by atomic mass is 19.1. The summed E-state index contributed by atoms with van der Waals surface area (Å²) in [6, 6.07) is 12.1. The second-order valence-electron chi connectivity index (χ2n) is 3.92. The molecule has 0 bridgehead atoms. The maximum atomic E-state index is 12.7. The molecule has 0 saturated heterocycles. The standard InChI is InChI=1S/C15H12FNO2/c16-12-7-4-11(5-8-12)6-9-15(19)17-13-2-1-3-14(18)10-13/h1-10,18H,(H,17,19)/b9-6+. The molecule has 0 radical (unpaired) electrons. The fraction of sp³-hybridized carbons (Fsp3) is 0. The lowest BCUT2D eigenvalue weighted by Crippen LogP contribution is -2.07. The minimum Gasteiger partial charge on any atom is -0.508 e. The molecule has 0 heterocycles. The van der Waals surface area contributed by atoms with Crippen molar-refractivity contribution in [2.24, 2.45) is 0 Å². The van der Waals surface area contributed by atoms with E-state index in [9.17, 15) is 14.3 Å². The molecule has 4 heteroatoms. The van der Waals surface area contributed by atoms with Crippen LogP contribution in [0.15, 0.2) is 54.6 Å². The maximum absolute atomic E-state index is 12.7. The Labute approximate surface area is 110 Å². The van der Waals surface area contributed by atoms with Crippen molar-refractivity contribution < 1.29 is 14.3 Å². The number of hydrogen-bond donors (Lipinski definition) is 2. The number of aromatic hydroxyl groups is 1. The average Bonchev–Trinajstić information content (AvgIpc) is 2.38. The Morgan fingerprint density at radius 3 is 2.58 bits per heavy atom. The SMILES string of the molecule is O=C(/C=C/c1ccc(F)cc1)Nc1cccc(O)c1. The van der Waals surface area contributed by atoms with Gasteiger partial charge in [0.2, 0.25) is 5.91 Å². The lowest BCUT2D eigenvalue weighted by molar-refractivity contribution is -0.111. The van der Waals surface area contributed by atoms with Gasteiger partial charge >= 0.3 is 0 Å². The molecule has 0 spiro atoms. The molecule has 0 fully saturated rings. The van der Waals surface area contributed by atoms with E-state index in [1.54, 1.807) is 30.3 Å². The van der Waals surface area contributed by atoms with Gasteiger partial charge in [-0.3, -0.25) is 4.79 Å². The minimum absolute atomic E-state index is 0.0836. The number of phenols is 1. The van der Waals surface area contributed by atoms with E-state index in [4.69, 9.17) is 0 Å². The molecule has 2 N–H and O–H groups in total. The molecule has 0 aliphatic rings. The number of phenolic OH excluding ortho intramolecular Hbond substituents is 1. The number of rotatable bonds is 3. The predicted octanol–water partition coefficient (Wildman–Crippen LogP) is 3.18. The van der Waals surface area contributed by atoms with E-state index in [-0.39, 0.29) is 17.5 Å². The average molecular weight is 257 g/mol. The first-order valence-corrected chi connectivity index (χ1v) is 5.67. The van der Waals surface area contributed by atoms with Gasteiger partial charge in [0.05, 0.1) is 0 Å². The summed E-state index contributed by atoms with van der Waals surface area (Å²) in [5.74, 6) is -0.559. The molecule has 2 aromatic carbocycles. The van der Waals surface area contributed by atoms with Crippen molar-refractivity contribution in [3.05, 3.63) is 66.0 Å². The van der Waals surface area contributed by atoms with Crippen LogP contribution in [-0.4, -0.2) is 11.0 Å². The highest BCUT2D eigenvalue weighted by Gasteiger charge is 1.98. The third kappa shape index (κ3) is 3.96. The molecule has 2 aromatic rings. The topological polar surface area (TPSA) is 49.3 Å². The number of hydrogen-bond acceptors (Lipinski definition) is 2. The Hall–Kier alpha value is -2.62. The number of carbonyl (C=O) groups excluding carboxylic acids is 1. The lowest BCUT2D eigenvalue weighted by Gasteiger charge is -2.02. The summed E-state index contributed by atoms with van der Waals surface area (Å²) >= 11 is 0. The van der Waals surface area contributed by atoms with E-state index in [1.807, 2.05) is 0 Å². The monoisotopic (exact) mass is 257 g/mol. The molecule has 0 unspecified atom stereocenters. The van der Waals surface area contributed by atoms with Crippen LogP contribution in [0, 0.1) is 5.82 Å². The van der Waals surface area contributed by atoms with Gasteiger partial charge in [-0.15, -0.1) is 0 Å². The first-order valence-electron chi connectivity index (χ1n) is 5.67. The quantitative estimate of drug-likeness (QED) is 0.830. The normalized spacial score (nSPS) is 10.6. The summed E-state index contributed by atoms with van der Waals surface area (Å²) in [4.78, 5) is 11.6. The zero-order chi connectivity index (χ0) is 13.7. The van der Waals surface area contributed by atoms with Gasteiger partial charge in [-0.2, -0.15) is 0 Å². The molecule has 0 aromatic heterocycles. The van der Waals surface area contributed by atoms with Crippen molar-refractivity contribution in [2.75, 3.05) is 5.32 Å². The Balaban J connectivity index is 1.99. The van der Waals surface area contributed by atoms with Crippen molar-refractivity contribution in [2.45, 2.75) is 0 Å². The van der Waals surface area contributed by atoms with Crippen molar-refractivity contribution >= 4 is 17.7 Å². The maximum Gasteiger partial charge on any atom is 0.248 e. The molecule has 1 amide bonds. The van der Waals surface area contributed by atoms with Crippen LogP contribution in [0.1, 0.15) is 5.56 Å². The van der Waals surface area contributed by atoms with E-state index in [1.165, 1.54) is 30.3 Å². The van der Waals surface area contributed by atoms with Crippen LogP contribution in [0.3, 0.4) is 0 Å². The van der Waals surface area contributed by atoms with Crippen molar-refractivity contribution in [1.82, 2.24) is 0 Å². The van der Waals surface area contributed by atoms with Crippen LogP contribution in [0.2, 0.25) is 0 Å². The highest BCUT2D eigenvalue weighted by Crippen LogP contribution is 2.15. The Morgan fingerprint density at radius 2 is 1.89 bits per heavy atom. The lowest BCUT2D eigenvalue weighted by atomic mass is 10.2. The third-order valence-electron chi connectivity index (χ3n) is 2.41. The van der Waals surface area contributed by atoms with Crippen LogP contribution in [-0.2, 0) is 4.79 Å². The first-order chi connectivity index (χ1) is 9.13. The molecule has 19 heavy (non-hydrogen) atoms. The van der Waals surface area contributed by atoms with E-state index in [0.717, 1.165) is 5.56 Å². The summed E-state index contributed by atoms with van der Waals surface area (Å²) in [5, 5.41) is 11.9. The smallest absolute Gasteiger partial charge is 0.248 e. The number of carbonyl (C=O) groups is 1. The number of amides is 1. The Kier molecular flexibility index (Phi) is 3.93. The van der Waals surface area contributed by atoms with Crippen molar-refractivity contribution in [1.29, 1.82) is 0 Å². The zero-order valence-corrected chi connectivity index (χ0v) is 10.0. The second-order valence-corrected chi connectivity index (χ2v) is 3.92. The molecule has 0 saturated carbocycles. The molecule has 0 aliphatic heterocycles. The fourth-order valence-corrected chi connectivity index (χ4v) is 1.51. The molecule has 0 aliphatic carbocycles. The van der Waals surface area contributed by atoms with Crippen LogP contribution >= 0.6 is 0 Å². The molecular formula is C15H12FNO2. The summed E-state index contributed by atoms with van der Waals surface area (Å²) in [7, 11) is 0.